The van der Waals surface area contributed by atoms with Crippen molar-refractivity contribution in [1.29, 1.82) is 0 Å². The minimum absolute atomic E-state index is 0.264. The molecule has 1 saturated heterocycles. The number of carbonyl (C=O) groups excluding carboxylic acids is 1. The van der Waals surface area contributed by atoms with Gasteiger partial charge in [-0.15, -0.1) is 0 Å². The van der Waals surface area contributed by atoms with Gasteiger partial charge in [-0.2, -0.15) is 13.2 Å². The van der Waals surface area contributed by atoms with Gasteiger partial charge in [0, 0.05) is 6.54 Å². The van der Waals surface area contributed by atoms with E-state index < -0.39 is 29.0 Å². The van der Waals surface area contributed by atoms with E-state index in [0.717, 1.165) is 0 Å². The fourth-order valence-electron chi connectivity index (χ4n) is 2.57. The van der Waals surface area contributed by atoms with Crippen molar-refractivity contribution in [3.8, 4) is 0 Å². The number of piperidine rings is 1. The van der Waals surface area contributed by atoms with Crippen molar-refractivity contribution < 1.29 is 27.9 Å². The van der Waals surface area contributed by atoms with Gasteiger partial charge >= 0.3 is 12.1 Å². The summed E-state index contributed by atoms with van der Waals surface area (Å²) in [5, 5.41) is 13.6. The quantitative estimate of drug-likeness (QED) is 0.722. The minimum Gasteiger partial charge on any atom is -0.479 e. The molecule has 2 unspecified atom stereocenters. The fourth-order valence-corrected chi connectivity index (χ4v) is 2.57. The number of hydrogen-bond acceptors (Lipinski definition) is 3. The highest BCUT2D eigenvalue weighted by molar-refractivity contribution is 5.90. The Kier molecular flexibility index (Phi) is 5.25. The lowest BCUT2D eigenvalue weighted by Crippen LogP contribution is -2.65. The molecule has 1 amide bonds. The normalized spacial score (nSPS) is 26.0. The summed E-state index contributed by atoms with van der Waals surface area (Å²) in [4.78, 5) is 23.4. The number of hydrogen-bond donors (Lipinski definition) is 3. The third-order valence-corrected chi connectivity index (χ3v) is 4.04. The van der Waals surface area contributed by atoms with E-state index in [1.54, 1.807) is 5.32 Å². The van der Waals surface area contributed by atoms with Gasteiger partial charge < -0.3 is 15.7 Å². The molecule has 0 aromatic carbocycles. The summed E-state index contributed by atoms with van der Waals surface area (Å²) in [6.45, 7) is 3.28. The lowest BCUT2D eigenvalue weighted by atomic mass is 9.75. The molecule has 3 N–H and O–H groups in total. The maximum absolute atomic E-state index is 13.0. The number of amides is 1. The molecular weight excluding hydrogens is 289 g/mol. The molecule has 1 rings (SSSR count). The summed E-state index contributed by atoms with van der Waals surface area (Å²) in [7, 11) is 0. The van der Waals surface area contributed by atoms with Crippen molar-refractivity contribution in [2.24, 2.45) is 5.41 Å². The SMILES string of the molecule is CCCC1(C(=O)NC(C)(C(=O)O)C(F)(F)F)CCCNC1. The maximum atomic E-state index is 13.0. The van der Waals surface area contributed by atoms with Crippen molar-refractivity contribution in [3.05, 3.63) is 0 Å². The van der Waals surface area contributed by atoms with Crippen molar-refractivity contribution in [2.45, 2.75) is 51.2 Å². The average molecular weight is 310 g/mol. The van der Waals surface area contributed by atoms with Crippen LogP contribution in [0, 0.1) is 5.41 Å². The Morgan fingerprint density at radius 2 is 2.00 bits per heavy atom. The van der Waals surface area contributed by atoms with Crippen molar-refractivity contribution in [1.82, 2.24) is 10.6 Å². The number of carboxylic acid groups (broad SMARTS) is 1. The summed E-state index contributed by atoms with van der Waals surface area (Å²) in [5.74, 6) is -2.96. The van der Waals surface area contributed by atoms with Crippen LogP contribution in [0.4, 0.5) is 13.2 Å². The molecule has 0 aromatic heterocycles. The summed E-state index contributed by atoms with van der Waals surface area (Å²) in [5.41, 5.74) is -4.25. The summed E-state index contributed by atoms with van der Waals surface area (Å²) >= 11 is 0. The van der Waals surface area contributed by atoms with Crippen LogP contribution >= 0.6 is 0 Å². The second kappa shape index (κ2) is 6.21. The molecule has 8 heteroatoms. The van der Waals surface area contributed by atoms with Crippen LogP contribution in [-0.4, -0.2) is 41.8 Å². The molecule has 0 bridgehead atoms. The van der Waals surface area contributed by atoms with Crippen molar-refractivity contribution >= 4 is 11.9 Å². The van der Waals surface area contributed by atoms with Gasteiger partial charge in [-0.1, -0.05) is 13.3 Å². The Hall–Kier alpha value is -1.31. The van der Waals surface area contributed by atoms with E-state index in [9.17, 15) is 22.8 Å². The molecule has 1 aliphatic heterocycles. The van der Waals surface area contributed by atoms with E-state index in [2.05, 4.69) is 5.32 Å². The topological polar surface area (TPSA) is 78.4 Å². The third-order valence-electron chi connectivity index (χ3n) is 4.04. The Morgan fingerprint density at radius 3 is 2.38 bits per heavy atom. The molecule has 0 saturated carbocycles. The standard InChI is InChI=1S/C13H21F3N2O3/c1-3-5-12(6-4-7-17-8-12)9(19)18-11(2,10(20)21)13(14,15)16/h17H,3-8H2,1-2H3,(H,18,19)(H,20,21). The lowest BCUT2D eigenvalue weighted by molar-refractivity contribution is -0.208. The molecule has 0 radical (unpaired) electrons. The van der Waals surface area contributed by atoms with Crippen LogP contribution in [0.25, 0.3) is 0 Å². The van der Waals surface area contributed by atoms with Gasteiger partial charge in [0.2, 0.25) is 11.4 Å². The molecule has 1 heterocycles. The molecular formula is C13H21F3N2O3. The van der Waals surface area contributed by atoms with Crippen LogP contribution in [0.3, 0.4) is 0 Å². The monoisotopic (exact) mass is 310 g/mol. The predicted molar refractivity (Wildman–Crippen MR) is 69.7 cm³/mol. The second-order valence-electron chi connectivity index (χ2n) is 5.69. The van der Waals surface area contributed by atoms with Crippen LogP contribution in [-0.2, 0) is 9.59 Å². The number of rotatable bonds is 5. The zero-order valence-corrected chi connectivity index (χ0v) is 12.1. The molecule has 2 atom stereocenters. The van der Waals surface area contributed by atoms with E-state index in [1.165, 1.54) is 0 Å². The lowest BCUT2D eigenvalue weighted by Gasteiger charge is -2.39. The van der Waals surface area contributed by atoms with E-state index in [-0.39, 0.29) is 6.54 Å². The van der Waals surface area contributed by atoms with Crippen LogP contribution in [0.5, 0.6) is 0 Å². The molecule has 5 nitrogen and oxygen atoms in total. The Morgan fingerprint density at radius 1 is 1.38 bits per heavy atom. The Balaban J connectivity index is 3.02. The maximum Gasteiger partial charge on any atom is 0.422 e. The zero-order valence-electron chi connectivity index (χ0n) is 12.1. The molecule has 0 aromatic rings. The number of alkyl halides is 3. The number of aliphatic carboxylic acids is 1. The molecule has 1 aliphatic rings. The first-order valence-electron chi connectivity index (χ1n) is 6.92. The number of carbonyl (C=O) groups is 2. The van der Waals surface area contributed by atoms with Crippen molar-refractivity contribution in [3.63, 3.8) is 0 Å². The van der Waals surface area contributed by atoms with E-state index in [0.29, 0.717) is 39.2 Å². The van der Waals surface area contributed by atoms with Gasteiger partial charge in [0.05, 0.1) is 5.41 Å². The molecule has 21 heavy (non-hydrogen) atoms. The Bertz CT molecular complexity index is 400. The number of carboxylic acids is 1. The minimum atomic E-state index is -5.07. The van der Waals surface area contributed by atoms with Crippen LogP contribution in [0.15, 0.2) is 0 Å². The van der Waals surface area contributed by atoms with Crippen LogP contribution < -0.4 is 10.6 Å². The fraction of sp³-hybridized carbons (Fsp3) is 0.846. The molecule has 0 aliphatic carbocycles. The van der Waals surface area contributed by atoms with E-state index in [4.69, 9.17) is 5.11 Å². The molecule has 1 fully saturated rings. The number of halogens is 3. The first-order chi connectivity index (χ1) is 9.59. The van der Waals surface area contributed by atoms with Gasteiger partial charge in [0.25, 0.3) is 0 Å². The third kappa shape index (κ3) is 3.48. The second-order valence-corrected chi connectivity index (χ2v) is 5.69. The predicted octanol–water partition coefficient (Wildman–Crippen LogP) is 1.68. The van der Waals surface area contributed by atoms with Crippen LogP contribution in [0.1, 0.15) is 39.5 Å². The Labute approximate surface area is 121 Å². The van der Waals surface area contributed by atoms with E-state index >= 15 is 0 Å². The van der Waals surface area contributed by atoms with Gasteiger partial charge in [0.1, 0.15) is 0 Å². The number of nitrogens with one attached hydrogen (secondary N) is 2. The summed E-state index contributed by atoms with van der Waals surface area (Å²) in [6, 6.07) is 0. The smallest absolute Gasteiger partial charge is 0.422 e. The zero-order chi connectivity index (χ0) is 16.3. The van der Waals surface area contributed by atoms with Gasteiger partial charge in [-0.05, 0) is 32.7 Å². The highest BCUT2D eigenvalue weighted by Gasteiger charge is 2.59. The van der Waals surface area contributed by atoms with Crippen molar-refractivity contribution in [2.75, 3.05) is 13.1 Å². The summed E-state index contributed by atoms with van der Waals surface area (Å²) < 4.78 is 38.9. The largest absolute Gasteiger partial charge is 0.479 e. The highest BCUT2D eigenvalue weighted by atomic mass is 19.4. The first kappa shape index (κ1) is 17.7. The molecule has 0 spiro atoms. The first-order valence-corrected chi connectivity index (χ1v) is 6.92. The highest BCUT2D eigenvalue weighted by Crippen LogP contribution is 2.35. The average Bonchev–Trinajstić information content (AvgIpc) is 2.38. The summed E-state index contributed by atoms with van der Waals surface area (Å²) in [6.07, 6.45) is -2.90. The van der Waals surface area contributed by atoms with Gasteiger partial charge in [-0.25, -0.2) is 4.79 Å². The van der Waals surface area contributed by atoms with Gasteiger partial charge in [-0.3, -0.25) is 4.79 Å². The molecule has 122 valence electrons. The van der Waals surface area contributed by atoms with Gasteiger partial charge in [0.15, 0.2) is 0 Å². The van der Waals surface area contributed by atoms with Crippen LogP contribution in [0.2, 0.25) is 0 Å². The van der Waals surface area contributed by atoms with E-state index in [1.807, 2.05) is 6.92 Å².